The summed E-state index contributed by atoms with van der Waals surface area (Å²) in [6.45, 7) is 2.63. The zero-order valence-electron chi connectivity index (χ0n) is 10.7. The van der Waals surface area contributed by atoms with E-state index in [0.717, 1.165) is 44.1 Å². The summed E-state index contributed by atoms with van der Waals surface area (Å²) in [6, 6.07) is 3.88. The second kappa shape index (κ2) is 4.51. The average molecular weight is 342 g/mol. The van der Waals surface area contributed by atoms with Crippen LogP contribution in [0.4, 0.5) is 0 Å². The van der Waals surface area contributed by atoms with Crippen LogP contribution in [-0.2, 0) is 13.5 Å². The molecule has 0 aliphatic carbocycles. The number of rotatable bonds is 2. The van der Waals surface area contributed by atoms with Gasteiger partial charge < -0.3 is 10.3 Å². The van der Waals surface area contributed by atoms with Crippen molar-refractivity contribution < 1.29 is 0 Å². The summed E-state index contributed by atoms with van der Waals surface area (Å²) in [5.41, 5.74) is 9.89. The maximum Gasteiger partial charge on any atom is 0.215 e. The highest BCUT2D eigenvalue weighted by molar-refractivity contribution is 9.10. The number of benzene rings is 1. The molecule has 100 valence electrons. The van der Waals surface area contributed by atoms with Gasteiger partial charge >= 0.3 is 0 Å². The molecule has 3 aromatic rings. The van der Waals surface area contributed by atoms with Crippen LogP contribution in [0.5, 0.6) is 0 Å². The van der Waals surface area contributed by atoms with E-state index in [2.05, 4.69) is 24.9 Å². The summed E-state index contributed by atoms with van der Waals surface area (Å²) in [6.07, 6.45) is 0.807. The van der Waals surface area contributed by atoms with Gasteiger partial charge in [0, 0.05) is 18.5 Å². The summed E-state index contributed by atoms with van der Waals surface area (Å²) in [5.74, 6) is 0.899. The maximum absolute atomic E-state index is 6.16. The number of imidazole rings is 2. The van der Waals surface area contributed by atoms with Gasteiger partial charge in [0.2, 0.25) is 5.78 Å². The highest BCUT2D eigenvalue weighted by Crippen LogP contribution is 2.30. The second-order valence-corrected chi connectivity index (χ2v) is 5.86. The Morgan fingerprint density at radius 3 is 2.84 bits per heavy atom. The Hall–Kier alpha value is -1.04. The lowest BCUT2D eigenvalue weighted by Crippen LogP contribution is -2.07. The van der Waals surface area contributed by atoms with Gasteiger partial charge in [0.15, 0.2) is 0 Å². The first-order valence-electron chi connectivity index (χ1n) is 6.06. The van der Waals surface area contributed by atoms with Gasteiger partial charge in [-0.15, -0.1) is 0 Å². The predicted molar refractivity (Wildman–Crippen MR) is 81.9 cm³/mol. The van der Waals surface area contributed by atoms with Crippen LogP contribution in [0.3, 0.4) is 0 Å². The summed E-state index contributed by atoms with van der Waals surface area (Å²) in [7, 11) is 2.01. The highest BCUT2D eigenvalue weighted by Gasteiger charge is 2.18. The first-order chi connectivity index (χ1) is 9.04. The van der Waals surface area contributed by atoms with Crippen LogP contribution in [0, 0.1) is 6.92 Å². The molecule has 2 heterocycles. The summed E-state index contributed by atoms with van der Waals surface area (Å²) < 4.78 is 5.16. The van der Waals surface area contributed by atoms with Gasteiger partial charge in [0.1, 0.15) is 4.60 Å². The number of fused-ring (bicyclic) bond motifs is 3. The Kier molecular flexibility index (Phi) is 3.08. The van der Waals surface area contributed by atoms with Crippen molar-refractivity contribution in [2.24, 2.45) is 12.8 Å². The van der Waals surface area contributed by atoms with Crippen LogP contribution >= 0.6 is 27.5 Å². The molecule has 0 aliphatic heterocycles. The van der Waals surface area contributed by atoms with Crippen LogP contribution in [0.25, 0.3) is 16.8 Å². The van der Waals surface area contributed by atoms with Crippen molar-refractivity contribution in [1.82, 2.24) is 14.0 Å². The molecular weight excluding hydrogens is 328 g/mol. The third kappa shape index (κ3) is 1.80. The fourth-order valence-electron chi connectivity index (χ4n) is 2.51. The van der Waals surface area contributed by atoms with Crippen LogP contribution in [0.2, 0.25) is 5.02 Å². The third-order valence-electron chi connectivity index (χ3n) is 3.42. The quantitative estimate of drug-likeness (QED) is 0.779. The molecule has 0 spiro atoms. The molecule has 0 amide bonds. The Labute approximate surface area is 124 Å². The number of hydrogen-bond acceptors (Lipinski definition) is 2. The fraction of sp³-hybridized carbons (Fsp3) is 0.308. The largest absolute Gasteiger partial charge is 0.330 e. The van der Waals surface area contributed by atoms with Crippen LogP contribution in [0.15, 0.2) is 16.7 Å². The maximum atomic E-state index is 6.16. The van der Waals surface area contributed by atoms with Crippen molar-refractivity contribution in [3.63, 3.8) is 0 Å². The molecule has 0 atom stereocenters. The first-order valence-corrected chi connectivity index (χ1v) is 7.23. The first kappa shape index (κ1) is 13.0. The zero-order chi connectivity index (χ0) is 13.7. The molecule has 2 N–H and O–H groups in total. The monoisotopic (exact) mass is 340 g/mol. The molecule has 3 rings (SSSR count). The molecule has 0 saturated heterocycles. The van der Waals surface area contributed by atoms with Gasteiger partial charge in [-0.2, -0.15) is 0 Å². The van der Waals surface area contributed by atoms with Crippen molar-refractivity contribution in [3.05, 3.63) is 33.0 Å². The smallest absolute Gasteiger partial charge is 0.215 e. The normalized spacial score (nSPS) is 11.8. The second-order valence-electron chi connectivity index (χ2n) is 4.67. The number of hydrogen-bond donors (Lipinski definition) is 1. The van der Waals surface area contributed by atoms with E-state index in [1.807, 2.05) is 26.1 Å². The third-order valence-corrected chi connectivity index (χ3v) is 4.45. The van der Waals surface area contributed by atoms with Gasteiger partial charge in [-0.05, 0) is 47.1 Å². The van der Waals surface area contributed by atoms with E-state index in [0.29, 0.717) is 6.54 Å². The van der Waals surface area contributed by atoms with Gasteiger partial charge in [0.25, 0.3) is 0 Å². The number of nitrogens with zero attached hydrogens (tertiary/aromatic N) is 3. The van der Waals surface area contributed by atoms with E-state index in [-0.39, 0.29) is 0 Å². The molecule has 0 saturated carbocycles. The minimum Gasteiger partial charge on any atom is -0.330 e. The van der Waals surface area contributed by atoms with E-state index in [1.54, 1.807) is 0 Å². The van der Waals surface area contributed by atoms with Crippen molar-refractivity contribution in [2.75, 3.05) is 6.54 Å². The van der Waals surface area contributed by atoms with Crippen LogP contribution < -0.4 is 5.73 Å². The molecule has 2 aromatic heterocycles. The van der Waals surface area contributed by atoms with Crippen LogP contribution in [0.1, 0.15) is 11.3 Å². The Balaban J connectivity index is 2.46. The molecule has 0 aliphatic rings. The number of halogens is 2. The average Bonchev–Trinajstić information content (AvgIpc) is 2.82. The van der Waals surface area contributed by atoms with Crippen LogP contribution in [-0.4, -0.2) is 20.5 Å². The molecular formula is C13H14BrClN4. The standard InChI is InChI=1S/C13H14BrClN4/c1-7-5-8(15)6-10-11(7)17-13-18(2)9(3-4-16)12(14)19(10)13/h5-6H,3-4,16H2,1-2H3. The highest BCUT2D eigenvalue weighted by atomic mass is 79.9. The topological polar surface area (TPSA) is 48.2 Å². The Morgan fingerprint density at radius 2 is 2.16 bits per heavy atom. The van der Waals surface area contributed by atoms with Crippen molar-refractivity contribution in [3.8, 4) is 0 Å². The van der Waals surface area contributed by atoms with E-state index in [1.165, 1.54) is 0 Å². The number of aromatic nitrogens is 3. The Bertz CT molecular complexity index is 787. The lowest BCUT2D eigenvalue weighted by atomic mass is 10.2. The van der Waals surface area contributed by atoms with Crippen molar-refractivity contribution in [1.29, 1.82) is 0 Å². The zero-order valence-corrected chi connectivity index (χ0v) is 13.1. The SMILES string of the molecule is Cc1cc(Cl)cc2c1nc1n(C)c(CCN)c(Br)n21. The molecule has 0 fully saturated rings. The summed E-state index contributed by atoms with van der Waals surface area (Å²) in [4.78, 5) is 4.72. The molecule has 4 nitrogen and oxygen atoms in total. The van der Waals surface area contributed by atoms with Gasteiger partial charge in [-0.3, -0.25) is 4.40 Å². The number of nitrogens with two attached hydrogens (primary N) is 1. The van der Waals surface area contributed by atoms with Gasteiger partial charge in [0.05, 0.1) is 16.7 Å². The van der Waals surface area contributed by atoms with E-state index in [9.17, 15) is 0 Å². The fourth-order valence-corrected chi connectivity index (χ4v) is 3.59. The van der Waals surface area contributed by atoms with E-state index >= 15 is 0 Å². The van der Waals surface area contributed by atoms with Crippen molar-refractivity contribution in [2.45, 2.75) is 13.3 Å². The molecule has 19 heavy (non-hydrogen) atoms. The van der Waals surface area contributed by atoms with Gasteiger partial charge in [-0.25, -0.2) is 4.98 Å². The summed E-state index contributed by atoms with van der Waals surface area (Å²) >= 11 is 9.81. The summed E-state index contributed by atoms with van der Waals surface area (Å²) in [5, 5.41) is 0.725. The molecule has 0 bridgehead atoms. The lowest BCUT2D eigenvalue weighted by Gasteiger charge is -2.02. The van der Waals surface area contributed by atoms with E-state index < -0.39 is 0 Å². The molecule has 6 heteroatoms. The number of aryl methyl sites for hydroxylation is 2. The predicted octanol–water partition coefficient (Wildman–Crippen LogP) is 3.05. The minimum atomic E-state index is 0.608. The minimum absolute atomic E-state index is 0.608. The molecule has 0 unspecified atom stereocenters. The van der Waals surface area contributed by atoms with Gasteiger partial charge in [-0.1, -0.05) is 11.6 Å². The lowest BCUT2D eigenvalue weighted by molar-refractivity contribution is 0.816. The van der Waals surface area contributed by atoms with E-state index in [4.69, 9.17) is 22.3 Å². The molecule has 1 aromatic carbocycles. The van der Waals surface area contributed by atoms with Crippen molar-refractivity contribution >= 4 is 44.3 Å². The Morgan fingerprint density at radius 1 is 1.42 bits per heavy atom. The molecule has 0 radical (unpaired) electrons.